The maximum absolute atomic E-state index is 3.00. The van der Waals surface area contributed by atoms with Gasteiger partial charge in [-0.05, 0) is 31.1 Å². The fourth-order valence-electron chi connectivity index (χ4n) is 1.40. The van der Waals surface area contributed by atoms with Crippen LogP contribution in [-0.4, -0.2) is 11.8 Å². The Bertz CT molecular complexity index is 114. The SMILES string of the molecule is CC1CC[P@@](P(P)P)[C@H]1C. The summed E-state index contributed by atoms with van der Waals surface area (Å²) in [6.07, 6.45) is 3.00. The molecule has 1 aliphatic rings. The first-order chi connectivity index (χ1) is 4.63. The molecule has 60 valence electrons. The quantitative estimate of drug-likeness (QED) is 0.578. The highest BCUT2D eigenvalue weighted by molar-refractivity contribution is 8.72. The van der Waals surface area contributed by atoms with Crippen LogP contribution in [0, 0.1) is 5.92 Å². The van der Waals surface area contributed by atoms with Gasteiger partial charge in [-0.15, -0.1) is 17.9 Å². The van der Waals surface area contributed by atoms with Crippen molar-refractivity contribution in [3.05, 3.63) is 0 Å². The summed E-state index contributed by atoms with van der Waals surface area (Å²) < 4.78 is 0. The Morgan fingerprint density at radius 1 is 1.40 bits per heavy atom. The van der Waals surface area contributed by atoms with Gasteiger partial charge in [0.05, 0.1) is 0 Å². The molecule has 1 fully saturated rings. The third kappa shape index (κ3) is 2.11. The minimum atomic E-state index is 0.231. The molecule has 10 heavy (non-hydrogen) atoms. The van der Waals surface area contributed by atoms with E-state index in [0.29, 0.717) is 7.61 Å². The van der Waals surface area contributed by atoms with Crippen molar-refractivity contribution in [2.45, 2.75) is 25.9 Å². The van der Waals surface area contributed by atoms with Crippen molar-refractivity contribution in [1.29, 1.82) is 0 Å². The zero-order valence-corrected chi connectivity index (χ0v) is 10.7. The van der Waals surface area contributed by atoms with E-state index in [4.69, 9.17) is 0 Å². The standard InChI is InChI=1S/C6H16P4/c1-5-3-4-9(6(5)2)10(7)8/h5-6H,3-4,7-8H2,1-2H3/t5?,6-,9+/m0/s1. The van der Waals surface area contributed by atoms with Gasteiger partial charge < -0.3 is 0 Å². The van der Waals surface area contributed by atoms with Gasteiger partial charge in [0, 0.05) is 0 Å². The predicted molar refractivity (Wildman–Crippen MR) is 61.4 cm³/mol. The summed E-state index contributed by atoms with van der Waals surface area (Å²) in [5.41, 5.74) is 1.02. The molecule has 1 aliphatic heterocycles. The third-order valence-electron chi connectivity index (χ3n) is 2.40. The van der Waals surface area contributed by atoms with Crippen LogP contribution in [0.4, 0.5) is 0 Å². The Morgan fingerprint density at radius 2 is 2.00 bits per heavy atom. The van der Waals surface area contributed by atoms with Crippen LogP contribution in [0.1, 0.15) is 20.3 Å². The minimum Gasteiger partial charge on any atom is -0.103 e. The van der Waals surface area contributed by atoms with Gasteiger partial charge in [-0.1, -0.05) is 21.5 Å². The summed E-state index contributed by atoms with van der Waals surface area (Å²) in [6.45, 7) is 5.07. The first kappa shape index (κ1) is 9.81. The van der Waals surface area contributed by atoms with Gasteiger partial charge in [0.25, 0.3) is 0 Å². The smallest absolute Gasteiger partial charge is 0.0167 e. The molecule has 0 spiro atoms. The summed E-state index contributed by atoms with van der Waals surface area (Å²) in [5, 5.41) is 0. The lowest BCUT2D eigenvalue weighted by atomic mass is 10.1. The maximum atomic E-state index is 3.00. The van der Waals surface area contributed by atoms with Crippen molar-refractivity contribution in [2.24, 2.45) is 5.92 Å². The van der Waals surface area contributed by atoms with E-state index in [-0.39, 0.29) is 6.99 Å². The van der Waals surface area contributed by atoms with E-state index in [9.17, 15) is 0 Å². The van der Waals surface area contributed by atoms with Crippen LogP contribution in [0.2, 0.25) is 0 Å². The van der Waals surface area contributed by atoms with Crippen LogP contribution in [0.25, 0.3) is 0 Å². The first-order valence-electron chi connectivity index (χ1n) is 3.69. The summed E-state index contributed by atoms with van der Waals surface area (Å²) in [4.78, 5) is 0. The van der Waals surface area contributed by atoms with Crippen LogP contribution in [0.5, 0.6) is 0 Å². The van der Waals surface area contributed by atoms with E-state index in [1.165, 1.54) is 12.6 Å². The number of rotatable bonds is 1. The molecule has 5 atom stereocenters. The molecule has 1 saturated heterocycles. The molecule has 4 heteroatoms. The molecule has 1 heterocycles. The Balaban J connectivity index is 2.49. The molecule has 0 N–H and O–H groups in total. The molecule has 0 aromatic carbocycles. The van der Waals surface area contributed by atoms with Gasteiger partial charge in [-0.25, -0.2) is 0 Å². The molecule has 0 radical (unpaired) electrons. The Kier molecular flexibility index (Phi) is 4.02. The number of hydrogen-bond donors (Lipinski definition) is 0. The van der Waals surface area contributed by atoms with Gasteiger partial charge in [-0.3, -0.25) is 0 Å². The normalized spacial score (nSPS) is 41.1. The van der Waals surface area contributed by atoms with Crippen LogP contribution in [-0.2, 0) is 0 Å². The largest absolute Gasteiger partial charge is 0.103 e. The molecule has 0 aromatic heterocycles. The second kappa shape index (κ2) is 4.10. The van der Waals surface area contributed by atoms with E-state index in [0.717, 1.165) is 11.6 Å². The average molecular weight is 212 g/mol. The molecule has 0 nitrogen and oxygen atoms in total. The molecule has 0 aliphatic carbocycles. The fraction of sp³-hybridized carbons (Fsp3) is 1.00. The molecular weight excluding hydrogens is 196 g/mol. The van der Waals surface area contributed by atoms with Crippen molar-refractivity contribution in [1.82, 2.24) is 0 Å². The van der Waals surface area contributed by atoms with E-state index in [2.05, 4.69) is 31.7 Å². The Hall–Kier alpha value is 1.72. The summed E-state index contributed by atoms with van der Waals surface area (Å²) in [6, 6.07) is 0. The molecule has 0 amide bonds. The Labute approximate surface area is 70.9 Å². The van der Waals surface area contributed by atoms with Crippen LogP contribution < -0.4 is 0 Å². The van der Waals surface area contributed by atoms with Crippen LogP contribution in [0.15, 0.2) is 0 Å². The molecular formula is C6H16P4. The first-order valence-corrected chi connectivity index (χ1v) is 10.6. The molecule has 0 aromatic rings. The summed E-state index contributed by atoms with van der Waals surface area (Å²) >= 11 is 0. The predicted octanol–water partition coefficient (Wildman–Crippen LogP) is 3.87. The minimum absolute atomic E-state index is 0.231. The number of hydrogen-bond acceptors (Lipinski definition) is 0. The van der Waals surface area contributed by atoms with Crippen molar-refractivity contribution >= 4 is 32.5 Å². The zero-order chi connectivity index (χ0) is 7.72. The van der Waals surface area contributed by atoms with Crippen LogP contribution >= 0.6 is 32.5 Å². The molecule has 0 bridgehead atoms. The second-order valence-corrected chi connectivity index (χ2v) is 16.6. The lowest BCUT2D eigenvalue weighted by molar-refractivity contribution is 0.589. The van der Waals surface area contributed by atoms with Crippen molar-refractivity contribution in [3.63, 3.8) is 0 Å². The van der Waals surface area contributed by atoms with Gasteiger partial charge in [-0.2, -0.15) is 0 Å². The topological polar surface area (TPSA) is 0 Å². The van der Waals surface area contributed by atoms with Gasteiger partial charge in [0.2, 0.25) is 0 Å². The maximum Gasteiger partial charge on any atom is -0.0167 e. The van der Waals surface area contributed by atoms with E-state index in [1.807, 2.05) is 0 Å². The average Bonchev–Trinajstić information content (AvgIpc) is 2.14. The van der Waals surface area contributed by atoms with Crippen molar-refractivity contribution in [2.75, 3.05) is 6.16 Å². The summed E-state index contributed by atoms with van der Waals surface area (Å²) in [7, 11) is 6.38. The van der Waals surface area contributed by atoms with E-state index >= 15 is 0 Å². The molecule has 3 unspecified atom stereocenters. The van der Waals surface area contributed by atoms with Crippen molar-refractivity contribution < 1.29 is 0 Å². The lowest BCUT2D eigenvalue weighted by Gasteiger charge is -2.21. The Morgan fingerprint density at radius 3 is 2.20 bits per heavy atom. The van der Waals surface area contributed by atoms with E-state index < -0.39 is 0 Å². The van der Waals surface area contributed by atoms with Gasteiger partial charge in [0.1, 0.15) is 0 Å². The zero-order valence-electron chi connectivity index (χ0n) is 6.62. The molecule has 0 saturated carbocycles. The van der Waals surface area contributed by atoms with E-state index in [1.54, 1.807) is 0 Å². The second-order valence-electron chi connectivity index (χ2n) is 3.05. The summed E-state index contributed by atoms with van der Waals surface area (Å²) in [5.74, 6) is 0.997. The lowest BCUT2D eigenvalue weighted by Crippen LogP contribution is -2.01. The third-order valence-corrected chi connectivity index (χ3v) is 14.0. The monoisotopic (exact) mass is 212 g/mol. The highest BCUT2D eigenvalue weighted by Crippen LogP contribution is 2.83. The van der Waals surface area contributed by atoms with Gasteiger partial charge in [0.15, 0.2) is 0 Å². The van der Waals surface area contributed by atoms with Crippen molar-refractivity contribution in [3.8, 4) is 0 Å². The van der Waals surface area contributed by atoms with Crippen LogP contribution in [0.3, 0.4) is 0 Å². The fourth-order valence-corrected chi connectivity index (χ4v) is 12.7. The highest BCUT2D eigenvalue weighted by atomic mass is 32.7. The molecule has 1 rings (SSSR count). The van der Waals surface area contributed by atoms with Gasteiger partial charge >= 0.3 is 0 Å². The highest BCUT2D eigenvalue weighted by Gasteiger charge is 2.31.